The zero-order chi connectivity index (χ0) is 14.3. The largest absolute Gasteiger partial charge is 0.480 e. The molecule has 0 atom stereocenters. The summed E-state index contributed by atoms with van der Waals surface area (Å²) in [6, 6.07) is 6.25. The molecule has 6 nitrogen and oxygen atoms in total. The molecule has 0 unspecified atom stereocenters. The molecule has 0 heterocycles. The summed E-state index contributed by atoms with van der Waals surface area (Å²) in [4.78, 5) is 33.2. The van der Waals surface area contributed by atoms with Crippen molar-refractivity contribution in [2.75, 3.05) is 11.9 Å². The topological polar surface area (TPSA) is 95.5 Å². The van der Waals surface area contributed by atoms with Crippen LogP contribution in [0.25, 0.3) is 0 Å². The van der Waals surface area contributed by atoms with Crippen molar-refractivity contribution >= 4 is 23.5 Å². The Balaban J connectivity index is 2.58. The predicted molar refractivity (Wildman–Crippen MR) is 69.9 cm³/mol. The number of rotatable bonds is 6. The van der Waals surface area contributed by atoms with E-state index in [4.69, 9.17) is 5.11 Å². The summed E-state index contributed by atoms with van der Waals surface area (Å²) in [5.41, 5.74) is 0.947. The third-order valence-electron chi connectivity index (χ3n) is 2.31. The molecule has 0 saturated carbocycles. The first kappa shape index (κ1) is 14.7. The van der Waals surface area contributed by atoms with Gasteiger partial charge in [0.15, 0.2) is 0 Å². The number of anilines is 1. The highest BCUT2D eigenvalue weighted by atomic mass is 16.4. The Morgan fingerprint density at radius 2 is 1.79 bits per heavy atom. The highest BCUT2D eigenvalue weighted by molar-refractivity contribution is 5.97. The van der Waals surface area contributed by atoms with Crippen molar-refractivity contribution in [2.45, 2.75) is 19.8 Å². The third-order valence-corrected chi connectivity index (χ3v) is 2.31. The second kappa shape index (κ2) is 7.15. The van der Waals surface area contributed by atoms with Gasteiger partial charge in [0.1, 0.15) is 6.54 Å². The number of benzene rings is 1. The number of carboxylic acid groups (broad SMARTS) is 1. The van der Waals surface area contributed by atoms with Gasteiger partial charge in [0.25, 0.3) is 5.91 Å². The molecule has 2 amide bonds. The van der Waals surface area contributed by atoms with E-state index in [1.165, 1.54) is 12.1 Å². The Morgan fingerprint density at radius 1 is 1.16 bits per heavy atom. The summed E-state index contributed by atoms with van der Waals surface area (Å²) >= 11 is 0. The number of amides is 2. The maximum absolute atomic E-state index is 11.5. The van der Waals surface area contributed by atoms with E-state index >= 15 is 0 Å². The lowest BCUT2D eigenvalue weighted by Gasteiger charge is -2.06. The van der Waals surface area contributed by atoms with Gasteiger partial charge in [-0.2, -0.15) is 0 Å². The monoisotopic (exact) mass is 264 g/mol. The fourth-order valence-corrected chi connectivity index (χ4v) is 1.41. The van der Waals surface area contributed by atoms with Gasteiger partial charge in [0.2, 0.25) is 5.91 Å². The Kier molecular flexibility index (Phi) is 5.53. The number of carbonyl (C=O) groups is 3. The van der Waals surface area contributed by atoms with Crippen molar-refractivity contribution in [1.29, 1.82) is 0 Å². The molecule has 0 saturated heterocycles. The zero-order valence-electron chi connectivity index (χ0n) is 10.6. The van der Waals surface area contributed by atoms with Crippen LogP contribution in [0.4, 0.5) is 5.69 Å². The van der Waals surface area contributed by atoms with Gasteiger partial charge in [-0.3, -0.25) is 14.4 Å². The lowest BCUT2D eigenvalue weighted by atomic mass is 10.2. The summed E-state index contributed by atoms with van der Waals surface area (Å²) in [5.74, 6) is -1.64. The third kappa shape index (κ3) is 5.20. The number of nitrogens with one attached hydrogen (secondary N) is 2. The van der Waals surface area contributed by atoms with Crippen LogP contribution in [-0.4, -0.2) is 29.4 Å². The minimum absolute atomic E-state index is 0.0782. The fraction of sp³-hybridized carbons (Fsp3) is 0.308. The normalized spacial score (nSPS) is 9.74. The lowest BCUT2D eigenvalue weighted by molar-refractivity contribution is -0.135. The maximum atomic E-state index is 11.5. The number of hydrogen-bond acceptors (Lipinski definition) is 3. The second-order valence-electron chi connectivity index (χ2n) is 3.95. The summed E-state index contributed by atoms with van der Waals surface area (Å²) in [5, 5.41) is 13.4. The average Bonchev–Trinajstić information content (AvgIpc) is 2.37. The van der Waals surface area contributed by atoms with Crippen molar-refractivity contribution in [1.82, 2.24) is 5.32 Å². The highest BCUT2D eigenvalue weighted by Crippen LogP contribution is 2.10. The first-order valence-corrected chi connectivity index (χ1v) is 5.93. The highest BCUT2D eigenvalue weighted by Gasteiger charge is 2.07. The first-order valence-electron chi connectivity index (χ1n) is 5.93. The van der Waals surface area contributed by atoms with Crippen molar-refractivity contribution in [3.8, 4) is 0 Å². The van der Waals surface area contributed by atoms with Gasteiger partial charge in [-0.1, -0.05) is 6.92 Å². The van der Waals surface area contributed by atoms with Gasteiger partial charge in [0.05, 0.1) is 0 Å². The van der Waals surface area contributed by atoms with Crippen molar-refractivity contribution in [3.05, 3.63) is 29.8 Å². The Labute approximate surface area is 110 Å². The van der Waals surface area contributed by atoms with Gasteiger partial charge in [-0.05, 0) is 30.7 Å². The van der Waals surface area contributed by atoms with Gasteiger partial charge < -0.3 is 15.7 Å². The Hall–Kier alpha value is -2.37. The van der Waals surface area contributed by atoms with Crippen LogP contribution in [0.2, 0.25) is 0 Å². The van der Waals surface area contributed by atoms with Crippen LogP contribution < -0.4 is 10.6 Å². The maximum Gasteiger partial charge on any atom is 0.322 e. The number of carboxylic acids is 1. The lowest BCUT2D eigenvalue weighted by Crippen LogP contribution is -2.29. The van der Waals surface area contributed by atoms with Crippen molar-refractivity contribution in [2.24, 2.45) is 0 Å². The van der Waals surface area contributed by atoms with Crippen LogP contribution >= 0.6 is 0 Å². The van der Waals surface area contributed by atoms with Crippen LogP contribution in [0.15, 0.2) is 24.3 Å². The summed E-state index contributed by atoms with van der Waals surface area (Å²) in [6.45, 7) is 1.49. The minimum Gasteiger partial charge on any atom is -0.480 e. The molecule has 1 rings (SSSR count). The van der Waals surface area contributed by atoms with Crippen molar-refractivity contribution in [3.63, 3.8) is 0 Å². The van der Waals surface area contributed by atoms with Crippen LogP contribution in [0.3, 0.4) is 0 Å². The summed E-state index contributed by atoms with van der Waals surface area (Å²) in [6.07, 6.45) is 1.21. The first-order chi connectivity index (χ1) is 9.02. The molecule has 0 spiro atoms. The standard InChI is InChI=1S/C13H16N2O4/c1-2-3-11(16)15-10-6-4-9(5-7-10)13(19)14-8-12(17)18/h4-7H,2-3,8H2,1H3,(H,14,19)(H,15,16)(H,17,18). The predicted octanol–water partition coefficient (Wildman–Crippen LogP) is 1.24. The molecule has 0 aromatic heterocycles. The smallest absolute Gasteiger partial charge is 0.322 e. The van der Waals surface area contributed by atoms with E-state index < -0.39 is 18.4 Å². The molecule has 0 fully saturated rings. The Morgan fingerprint density at radius 3 is 2.32 bits per heavy atom. The molecular weight excluding hydrogens is 248 g/mol. The molecule has 0 aliphatic carbocycles. The van der Waals surface area contributed by atoms with Gasteiger partial charge in [-0.25, -0.2) is 0 Å². The molecule has 3 N–H and O–H groups in total. The van der Waals surface area contributed by atoms with E-state index in [0.717, 1.165) is 6.42 Å². The molecule has 1 aromatic carbocycles. The van der Waals surface area contributed by atoms with E-state index in [1.54, 1.807) is 12.1 Å². The SMILES string of the molecule is CCCC(=O)Nc1ccc(C(=O)NCC(=O)O)cc1. The van der Waals surface area contributed by atoms with Crippen LogP contribution in [0.5, 0.6) is 0 Å². The van der Waals surface area contributed by atoms with Gasteiger partial charge >= 0.3 is 5.97 Å². The molecule has 6 heteroatoms. The van der Waals surface area contributed by atoms with Gasteiger partial charge in [-0.15, -0.1) is 0 Å². The molecule has 102 valence electrons. The number of aliphatic carboxylic acids is 1. The van der Waals surface area contributed by atoms with E-state index in [2.05, 4.69) is 10.6 Å². The van der Waals surface area contributed by atoms with E-state index in [1.807, 2.05) is 6.92 Å². The molecule has 19 heavy (non-hydrogen) atoms. The van der Waals surface area contributed by atoms with Crippen molar-refractivity contribution < 1.29 is 19.5 Å². The van der Waals surface area contributed by atoms with Crippen LogP contribution in [0, 0.1) is 0 Å². The molecule has 0 aliphatic rings. The molecule has 1 aromatic rings. The molecular formula is C13H16N2O4. The summed E-state index contributed by atoms with van der Waals surface area (Å²) in [7, 11) is 0. The summed E-state index contributed by atoms with van der Waals surface area (Å²) < 4.78 is 0. The fourth-order valence-electron chi connectivity index (χ4n) is 1.41. The van der Waals surface area contributed by atoms with Gasteiger partial charge in [0, 0.05) is 17.7 Å². The molecule has 0 radical (unpaired) electrons. The zero-order valence-corrected chi connectivity index (χ0v) is 10.6. The Bertz CT molecular complexity index is 468. The van der Waals surface area contributed by atoms with Crippen LogP contribution in [-0.2, 0) is 9.59 Å². The minimum atomic E-state index is -1.10. The van der Waals surface area contributed by atoms with E-state index in [-0.39, 0.29) is 5.91 Å². The van der Waals surface area contributed by atoms with E-state index in [0.29, 0.717) is 17.7 Å². The second-order valence-corrected chi connectivity index (χ2v) is 3.95. The van der Waals surface area contributed by atoms with Crippen LogP contribution in [0.1, 0.15) is 30.1 Å². The number of carbonyl (C=O) groups excluding carboxylic acids is 2. The molecule has 0 aliphatic heterocycles. The quantitative estimate of drug-likeness (QED) is 0.720. The average molecular weight is 264 g/mol. The number of hydrogen-bond donors (Lipinski definition) is 3. The van der Waals surface area contributed by atoms with E-state index in [9.17, 15) is 14.4 Å². The molecule has 0 bridgehead atoms.